The third kappa shape index (κ3) is 4.32. The number of fused-ring (bicyclic) bond motifs is 1. The molecule has 0 spiro atoms. The van der Waals surface area contributed by atoms with Crippen LogP contribution in [0.2, 0.25) is 0 Å². The summed E-state index contributed by atoms with van der Waals surface area (Å²) in [6.07, 6.45) is 1.63. The summed E-state index contributed by atoms with van der Waals surface area (Å²) in [5.41, 5.74) is 1.44. The molecule has 1 heterocycles. The molecule has 0 saturated heterocycles. The Morgan fingerprint density at radius 2 is 1.77 bits per heavy atom. The Balaban J connectivity index is 2.07. The van der Waals surface area contributed by atoms with E-state index >= 15 is 0 Å². The molecule has 0 unspecified atom stereocenters. The molecule has 120 valence electrons. The van der Waals surface area contributed by atoms with Crippen LogP contribution in [0.15, 0.2) is 34.9 Å². The standard InChI is InChI=1S/C17H23NO4/c1-3-20-11-8-18(9-12-21-4-2)17(19)15-5-6-16-14(13-15)7-10-22-16/h5-7,10,13H,3-4,8-9,11-12H2,1-2H3. The van der Waals surface area contributed by atoms with Gasteiger partial charge in [-0.05, 0) is 38.1 Å². The maximum atomic E-state index is 12.7. The highest BCUT2D eigenvalue weighted by Crippen LogP contribution is 2.18. The van der Waals surface area contributed by atoms with E-state index in [2.05, 4.69) is 0 Å². The lowest BCUT2D eigenvalue weighted by atomic mass is 10.1. The van der Waals surface area contributed by atoms with Crippen molar-refractivity contribution in [3.05, 3.63) is 36.1 Å². The van der Waals surface area contributed by atoms with Crippen LogP contribution in [0.1, 0.15) is 24.2 Å². The van der Waals surface area contributed by atoms with Crippen molar-refractivity contribution in [3.8, 4) is 0 Å². The minimum Gasteiger partial charge on any atom is -0.464 e. The SMILES string of the molecule is CCOCCN(CCOCC)C(=O)c1ccc2occc2c1. The Morgan fingerprint density at radius 3 is 2.41 bits per heavy atom. The minimum atomic E-state index is -0.0116. The average molecular weight is 305 g/mol. The summed E-state index contributed by atoms with van der Waals surface area (Å²) in [5.74, 6) is -0.0116. The van der Waals surface area contributed by atoms with E-state index in [9.17, 15) is 4.79 Å². The Morgan fingerprint density at radius 1 is 1.09 bits per heavy atom. The summed E-state index contributed by atoms with van der Waals surface area (Å²) < 4.78 is 16.0. The summed E-state index contributed by atoms with van der Waals surface area (Å²) in [4.78, 5) is 14.5. The van der Waals surface area contributed by atoms with Crippen molar-refractivity contribution in [1.29, 1.82) is 0 Å². The Kier molecular flexibility index (Phi) is 6.43. The quantitative estimate of drug-likeness (QED) is 0.668. The van der Waals surface area contributed by atoms with Gasteiger partial charge in [0.2, 0.25) is 0 Å². The van der Waals surface area contributed by atoms with Gasteiger partial charge in [-0.2, -0.15) is 0 Å². The summed E-state index contributed by atoms with van der Waals surface area (Å²) in [7, 11) is 0. The third-order valence-electron chi connectivity index (χ3n) is 3.41. The molecule has 5 nitrogen and oxygen atoms in total. The maximum absolute atomic E-state index is 12.7. The topological polar surface area (TPSA) is 51.9 Å². The first kappa shape index (κ1) is 16.5. The van der Waals surface area contributed by atoms with Gasteiger partial charge in [-0.3, -0.25) is 4.79 Å². The van der Waals surface area contributed by atoms with Gasteiger partial charge in [-0.15, -0.1) is 0 Å². The molecule has 5 heteroatoms. The fraction of sp³-hybridized carbons (Fsp3) is 0.471. The normalized spacial score (nSPS) is 11.0. The van der Waals surface area contributed by atoms with Crippen LogP contribution in [-0.2, 0) is 9.47 Å². The van der Waals surface area contributed by atoms with E-state index in [0.717, 1.165) is 11.0 Å². The molecule has 0 bridgehead atoms. The molecule has 0 aliphatic carbocycles. The van der Waals surface area contributed by atoms with Crippen LogP contribution in [-0.4, -0.2) is 50.3 Å². The Labute approximate surface area is 130 Å². The summed E-state index contributed by atoms with van der Waals surface area (Å²) in [6.45, 7) is 7.36. The highest BCUT2D eigenvalue weighted by molar-refractivity contribution is 5.97. The van der Waals surface area contributed by atoms with Gasteiger partial charge < -0.3 is 18.8 Å². The van der Waals surface area contributed by atoms with E-state index < -0.39 is 0 Å². The monoisotopic (exact) mass is 305 g/mol. The molecule has 0 atom stereocenters. The highest BCUT2D eigenvalue weighted by atomic mass is 16.5. The van der Waals surface area contributed by atoms with Gasteiger partial charge in [0.05, 0.1) is 19.5 Å². The van der Waals surface area contributed by atoms with Crippen molar-refractivity contribution >= 4 is 16.9 Å². The Bertz CT molecular complexity index is 583. The molecular formula is C17H23NO4. The summed E-state index contributed by atoms with van der Waals surface area (Å²) in [6, 6.07) is 7.33. The number of amides is 1. The van der Waals surface area contributed by atoms with Crippen molar-refractivity contribution in [1.82, 2.24) is 4.90 Å². The van der Waals surface area contributed by atoms with Gasteiger partial charge in [0.1, 0.15) is 5.58 Å². The van der Waals surface area contributed by atoms with Crippen LogP contribution in [0.5, 0.6) is 0 Å². The molecule has 0 fully saturated rings. The Hall–Kier alpha value is -1.85. The van der Waals surface area contributed by atoms with Crippen LogP contribution in [0.25, 0.3) is 11.0 Å². The zero-order valence-electron chi connectivity index (χ0n) is 13.2. The lowest BCUT2D eigenvalue weighted by molar-refractivity contribution is 0.0550. The largest absolute Gasteiger partial charge is 0.464 e. The third-order valence-corrected chi connectivity index (χ3v) is 3.41. The summed E-state index contributed by atoms with van der Waals surface area (Å²) >= 11 is 0. The van der Waals surface area contributed by atoms with Crippen molar-refractivity contribution in [3.63, 3.8) is 0 Å². The molecule has 1 aromatic carbocycles. The first-order valence-electron chi connectivity index (χ1n) is 7.68. The lowest BCUT2D eigenvalue weighted by Crippen LogP contribution is -2.36. The number of hydrogen-bond acceptors (Lipinski definition) is 4. The van der Waals surface area contributed by atoms with Crippen molar-refractivity contribution in [2.45, 2.75) is 13.8 Å². The number of carbonyl (C=O) groups excluding carboxylic acids is 1. The van der Waals surface area contributed by atoms with Gasteiger partial charge in [0.25, 0.3) is 5.91 Å². The zero-order valence-corrected chi connectivity index (χ0v) is 13.2. The predicted molar refractivity (Wildman–Crippen MR) is 85.1 cm³/mol. The highest BCUT2D eigenvalue weighted by Gasteiger charge is 2.16. The van der Waals surface area contributed by atoms with Gasteiger partial charge >= 0.3 is 0 Å². The molecule has 0 N–H and O–H groups in total. The molecule has 2 rings (SSSR count). The van der Waals surface area contributed by atoms with Crippen LogP contribution in [0, 0.1) is 0 Å². The fourth-order valence-corrected chi connectivity index (χ4v) is 2.24. The van der Waals surface area contributed by atoms with E-state index in [-0.39, 0.29) is 5.91 Å². The maximum Gasteiger partial charge on any atom is 0.254 e. The molecule has 0 radical (unpaired) electrons. The molecule has 0 aliphatic rings. The fourth-order valence-electron chi connectivity index (χ4n) is 2.24. The summed E-state index contributed by atoms with van der Waals surface area (Å²) in [5, 5.41) is 0.931. The predicted octanol–water partition coefficient (Wildman–Crippen LogP) is 2.95. The molecule has 0 saturated carbocycles. The molecule has 0 aliphatic heterocycles. The van der Waals surface area contributed by atoms with Crippen molar-refractivity contribution in [2.75, 3.05) is 39.5 Å². The van der Waals surface area contributed by atoms with E-state index in [1.807, 2.05) is 32.0 Å². The van der Waals surface area contributed by atoms with E-state index in [0.29, 0.717) is 45.1 Å². The van der Waals surface area contributed by atoms with Gasteiger partial charge in [-0.25, -0.2) is 0 Å². The molecule has 1 amide bonds. The molecule has 1 aromatic heterocycles. The van der Waals surface area contributed by atoms with Crippen LogP contribution < -0.4 is 0 Å². The second-order valence-corrected chi connectivity index (χ2v) is 4.86. The first-order valence-corrected chi connectivity index (χ1v) is 7.68. The molecule has 2 aromatic rings. The second kappa shape index (κ2) is 8.56. The minimum absolute atomic E-state index is 0.0116. The first-order chi connectivity index (χ1) is 10.8. The van der Waals surface area contributed by atoms with Gasteiger partial charge in [0, 0.05) is 37.3 Å². The number of ether oxygens (including phenoxy) is 2. The zero-order chi connectivity index (χ0) is 15.8. The number of hydrogen-bond donors (Lipinski definition) is 0. The molecular weight excluding hydrogens is 282 g/mol. The average Bonchev–Trinajstić information content (AvgIpc) is 3.00. The number of nitrogens with zero attached hydrogens (tertiary/aromatic N) is 1. The van der Waals surface area contributed by atoms with Crippen LogP contribution in [0.4, 0.5) is 0 Å². The number of rotatable bonds is 9. The number of benzene rings is 1. The number of furan rings is 1. The lowest BCUT2D eigenvalue weighted by Gasteiger charge is -2.22. The van der Waals surface area contributed by atoms with Crippen molar-refractivity contribution in [2.24, 2.45) is 0 Å². The second-order valence-electron chi connectivity index (χ2n) is 4.86. The van der Waals surface area contributed by atoms with E-state index in [4.69, 9.17) is 13.9 Å². The van der Waals surface area contributed by atoms with Gasteiger partial charge in [0.15, 0.2) is 0 Å². The number of carbonyl (C=O) groups is 1. The van der Waals surface area contributed by atoms with Gasteiger partial charge in [-0.1, -0.05) is 0 Å². The van der Waals surface area contributed by atoms with E-state index in [1.54, 1.807) is 17.2 Å². The smallest absolute Gasteiger partial charge is 0.254 e. The van der Waals surface area contributed by atoms with Crippen LogP contribution >= 0.6 is 0 Å². The van der Waals surface area contributed by atoms with E-state index in [1.165, 1.54) is 0 Å². The van der Waals surface area contributed by atoms with Crippen LogP contribution in [0.3, 0.4) is 0 Å². The van der Waals surface area contributed by atoms with Crippen molar-refractivity contribution < 1.29 is 18.7 Å². The molecule has 22 heavy (non-hydrogen) atoms.